The van der Waals surface area contributed by atoms with Gasteiger partial charge in [-0.2, -0.15) is 0 Å². The van der Waals surface area contributed by atoms with Crippen molar-refractivity contribution < 1.29 is 19.1 Å². The van der Waals surface area contributed by atoms with Gasteiger partial charge in [-0.15, -0.1) is 0 Å². The number of carbonyl (C=O) groups excluding carboxylic acids is 2. The number of esters is 1. The summed E-state index contributed by atoms with van der Waals surface area (Å²) < 4.78 is 10.0. The lowest BCUT2D eigenvalue weighted by Crippen LogP contribution is -2.36. The first-order chi connectivity index (χ1) is 8.24. The molecule has 1 rings (SSSR count). The Morgan fingerprint density at radius 3 is 2.44 bits per heavy atom. The molecule has 1 aliphatic heterocycles. The van der Waals surface area contributed by atoms with E-state index < -0.39 is 5.60 Å². The van der Waals surface area contributed by atoms with Gasteiger partial charge in [-0.25, -0.2) is 4.79 Å². The Labute approximate surface area is 108 Å². The second-order valence-corrected chi connectivity index (χ2v) is 5.79. The number of likely N-dealkylation sites (tertiary alicyclic amines) is 1. The lowest BCUT2D eigenvalue weighted by molar-refractivity contribution is -0.146. The molecule has 2 atom stereocenters. The molecular formula is C13H23NO4. The van der Waals surface area contributed by atoms with E-state index in [0.717, 1.165) is 6.42 Å². The van der Waals surface area contributed by atoms with Crippen molar-refractivity contribution >= 4 is 12.1 Å². The molecule has 0 radical (unpaired) electrons. The molecule has 0 spiro atoms. The number of amides is 1. The van der Waals surface area contributed by atoms with Gasteiger partial charge in [-0.05, 0) is 33.1 Å². The Hall–Kier alpha value is -1.26. The van der Waals surface area contributed by atoms with E-state index in [-0.39, 0.29) is 23.9 Å². The molecule has 0 aromatic rings. The number of rotatable bonds is 2. The van der Waals surface area contributed by atoms with Gasteiger partial charge in [0.2, 0.25) is 0 Å². The molecule has 1 fully saturated rings. The van der Waals surface area contributed by atoms with Gasteiger partial charge >= 0.3 is 12.1 Å². The molecule has 1 amide bonds. The molecule has 18 heavy (non-hydrogen) atoms. The number of nitrogens with zero attached hydrogens (tertiary/aromatic N) is 1. The maximum Gasteiger partial charge on any atom is 0.410 e. The molecule has 1 saturated heterocycles. The minimum atomic E-state index is -0.483. The summed E-state index contributed by atoms with van der Waals surface area (Å²) in [6.45, 7) is 8.57. The molecule has 5 nitrogen and oxygen atoms in total. The topological polar surface area (TPSA) is 55.8 Å². The average Bonchev–Trinajstić information content (AvgIpc) is 2.73. The van der Waals surface area contributed by atoms with Gasteiger partial charge in [0.05, 0.1) is 13.0 Å². The minimum Gasteiger partial charge on any atom is -0.469 e. The summed E-state index contributed by atoms with van der Waals surface area (Å²) in [5, 5.41) is 0. The molecule has 0 N–H and O–H groups in total. The molecule has 1 heterocycles. The lowest BCUT2D eigenvalue weighted by Gasteiger charge is -2.24. The summed E-state index contributed by atoms with van der Waals surface area (Å²) in [6.07, 6.45) is 0.511. The summed E-state index contributed by atoms with van der Waals surface area (Å²) in [6, 6.07) is 0. The van der Waals surface area contributed by atoms with Crippen molar-refractivity contribution in [1.29, 1.82) is 0 Å². The van der Waals surface area contributed by atoms with Crippen LogP contribution in [-0.2, 0) is 14.3 Å². The van der Waals surface area contributed by atoms with Gasteiger partial charge in [0.15, 0.2) is 0 Å². The summed E-state index contributed by atoms with van der Waals surface area (Å²) >= 11 is 0. The quantitative estimate of drug-likeness (QED) is 0.710. The maximum atomic E-state index is 11.9. The van der Waals surface area contributed by atoms with Gasteiger partial charge in [-0.3, -0.25) is 4.79 Å². The molecule has 1 aliphatic rings. The number of methoxy groups -OCH3 is 1. The third-order valence-corrected chi connectivity index (χ3v) is 3.16. The third kappa shape index (κ3) is 3.89. The highest BCUT2D eigenvalue weighted by molar-refractivity contribution is 5.73. The first kappa shape index (κ1) is 14.8. The zero-order valence-electron chi connectivity index (χ0n) is 11.9. The summed E-state index contributed by atoms with van der Waals surface area (Å²) in [7, 11) is 1.39. The molecule has 0 aromatic heterocycles. The zero-order chi connectivity index (χ0) is 13.9. The number of hydrogen-bond acceptors (Lipinski definition) is 4. The molecule has 0 saturated carbocycles. The third-order valence-electron chi connectivity index (χ3n) is 3.16. The molecule has 0 aromatic carbocycles. The first-order valence-electron chi connectivity index (χ1n) is 6.30. The van der Waals surface area contributed by atoms with Crippen molar-refractivity contribution in [3.8, 4) is 0 Å². The highest BCUT2D eigenvalue weighted by atomic mass is 16.6. The van der Waals surface area contributed by atoms with Crippen molar-refractivity contribution in [3.63, 3.8) is 0 Å². The van der Waals surface area contributed by atoms with Crippen LogP contribution < -0.4 is 0 Å². The SMILES string of the molecule is COC(=O)C(C)C1CCN(C(=O)OC(C)(C)C)C1. The monoisotopic (exact) mass is 257 g/mol. The van der Waals surface area contributed by atoms with Crippen LogP contribution >= 0.6 is 0 Å². The van der Waals surface area contributed by atoms with Gasteiger partial charge in [0.25, 0.3) is 0 Å². The van der Waals surface area contributed by atoms with Gasteiger partial charge in [-0.1, -0.05) is 6.92 Å². The number of carbonyl (C=O) groups is 2. The molecular weight excluding hydrogens is 234 g/mol. The molecule has 0 bridgehead atoms. The summed E-state index contributed by atoms with van der Waals surface area (Å²) in [5.74, 6) is -0.238. The number of hydrogen-bond donors (Lipinski definition) is 0. The highest BCUT2D eigenvalue weighted by Crippen LogP contribution is 2.26. The Kier molecular flexibility index (Phi) is 4.59. The largest absolute Gasteiger partial charge is 0.469 e. The lowest BCUT2D eigenvalue weighted by atomic mass is 9.93. The van der Waals surface area contributed by atoms with E-state index in [1.165, 1.54) is 7.11 Å². The first-order valence-corrected chi connectivity index (χ1v) is 6.30. The Balaban J connectivity index is 2.51. The fraction of sp³-hybridized carbons (Fsp3) is 0.846. The van der Waals surface area contributed by atoms with Crippen LogP contribution in [-0.4, -0.2) is 42.8 Å². The minimum absolute atomic E-state index is 0.157. The predicted molar refractivity (Wildman–Crippen MR) is 67.1 cm³/mol. The van der Waals surface area contributed by atoms with Crippen molar-refractivity contribution in [1.82, 2.24) is 4.90 Å². The maximum absolute atomic E-state index is 11.9. The van der Waals surface area contributed by atoms with Crippen molar-refractivity contribution in [2.75, 3.05) is 20.2 Å². The second-order valence-electron chi connectivity index (χ2n) is 5.79. The molecule has 2 unspecified atom stereocenters. The van der Waals surface area contributed by atoms with Crippen LogP contribution in [0.4, 0.5) is 4.79 Å². The molecule has 5 heteroatoms. The fourth-order valence-electron chi connectivity index (χ4n) is 2.07. The smallest absolute Gasteiger partial charge is 0.410 e. The van der Waals surface area contributed by atoms with Crippen molar-refractivity contribution in [2.24, 2.45) is 11.8 Å². The van der Waals surface area contributed by atoms with Gasteiger partial charge in [0.1, 0.15) is 5.60 Å². The van der Waals surface area contributed by atoms with Gasteiger partial charge in [0, 0.05) is 13.1 Å². The van der Waals surface area contributed by atoms with Crippen molar-refractivity contribution in [3.05, 3.63) is 0 Å². The highest BCUT2D eigenvalue weighted by Gasteiger charge is 2.35. The summed E-state index contributed by atoms with van der Waals surface area (Å²) in [5.41, 5.74) is -0.483. The summed E-state index contributed by atoms with van der Waals surface area (Å²) in [4.78, 5) is 25.0. The van der Waals surface area contributed by atoms with Crippen LogP contribution in [0.3, 0.4) is 0 Å². The number of ether oxygens (including phenoxy) is 2. The molecule has 104 valence electrons. The van der Waals surface area contributed by atoms with Crippen LogP contribution in [0.5, 0.6) is 0 Å². The van der Waals surface area contributed by atoms with Crippen LogP contribution in [0.25, 0.3) is 0 Å². The fourth-order valence-corrected chi connectivity index (χ4v) is 2.07. The Morgan fingerprint density at radius 1 is 1.33 bits per heavy atom. The van der Waals surface area contributed by atoms with Crippen LogP contribution in [0.2, 0.25) is 0 Å². The average molecular weight is 257 g/mol. The standard InChI is InChI=1S/C13H23NO4/c1-9(11(15)17-5)10-6-7-14(8-10)12(16)18-13(2,3)4/h9-10H,6-8H2,1-5H3. The van der Waals surface area contributed by atoms with E-state index in [1.807, 2.05) is 27.7 Å². The van der Waals surface area contributed by atoms with E-state index in [1.54, 1.807) is 4.90 Å². The van der Waals surface area contributed by atoms with E-state index >= 15 is 0 Å². The van der Waals surface area contributed by atoms with E-state index in [0.29, 0.717) is 13.1 Å². The van der Waals surface area contributed by atoms with E-state index in [4.69, 9.17) is 9.47 Å². The van der Waals surface area contributed by atoms with Gasteiger partial charge < -0.3 is 14.4 Å². The van der Waals surface area contributed by atoms with Crippen LogP contribution in [0.1, 0.15) is 34.1 Å². The second kappa shape index (κ2) is 5.59. The Bertz CT molecular complexity index is 321. The Morgan fingerprint density at radius 2 is 1.94 bits per heavy atom. The molecule has 0 aliphatic carbocycles. The zero-order valence-corrected chi connectivity index (χ0v) is 11.9. The van der Waals surface area contributed by atoms with E-state index in [9.17, 15) is 9.59 Å². The normalized spacial score (nSPS) is 21.6. The van der Waals surface area contributed by atoms with Crippen LogP contribution in [0, 0.1) is 11.8 Å². The predicted octanol–water partition coefficient (Wildman–Crippen LogP) is 2.05. The van der Waals surface area contributed by atoms with E-state index in [2.05, 4.69) is 0 Å². The van der Waals surface area contributed by atoms with Crippen LogP contribution in [0.15, 0.2) is 0 Å². The van der Waals surface area contributed by atoms with Crippen molar-refractivity contribution in [2.45, 2.75) is 39.7 Å².